The molecule has 0 radical (unpaired) electrons. The lowest BCUT2D eigenvalue weighted by molar-refractivity contribution is -0.112. The Labute approximate surface area is 217 Å². The lowest BCUT2D eigenvalue weighted by Crippen LogP contribution is -2.16. The number of benzene rings is 2. The van der Waals surface area contributed by atoms with Gasteiger partial charge in [-0.3, -0.25) is 4.79 Å². The summed E-state index contributed by atoms with van der Waals surface area (Å²) in [7, 11) is 0. The first-order valence-electron chi connectivity index (χ1n) is 10.9. The number of nitrogens with zero attached hydrogens (tertiary/aromatic N) is 1. The fraction of sp³-hybridized carbons (Fsp3) is 0.222. The molecule has 0 fully saturated rings. The van der Waals surface area contributed by atoms with Crippen LogP contribution in [0, 0.1) is 32.1 Å². The molecule has 0 aliphatic carbocycles. The van der Waals surface area contributed by atoms with Gasteiger partial charge in [-0.1, -0.05) is 45.8 Å². The molecule has 0 aliphatic rings. The minimum atomic E-state index is -0.622. The van der Waals surface area contributed by atoms with Gasteiger partial charge in [0.25, 0.3) is 5.91 Å². The lowest BCUT2D eigenvalue weighted by Gasteiger charge is -2.11. The second-order valence-electron chi connectivity index (χ2n) is 7.79. The maximum atomic E-state index is 13.0. The number of anilines is 1. The van der Waals surface area contributed by atoms with Crippen LogP contribution in [0.5, 0.6) is 5.75 Å². The minimum absolute atomic E-state index is 0.123. The number of aryl methyl sites for hydroxylation is 2. The fourth-order valence-corrected chi connectivity index (χ4v) is 4.67. The number of thiophene rings is 1. The highest BCUT2D eigenvalue weighted by atomic mass is 79.9. The smallest absolute Gasteiger partial charge is 0.341 e. The molecule has 6 nitrogen and oxygen atoms in total. The van der Waals surface area contributed by atoms with Crippen LogP contribution in [0.3, 0.4) is 0 Å². The van der Waals surface area contributed by atoms with Crippen molar-refractivity contribution in [1.82, 2.24) is 0 Å². The first kappa shape index (κ1) is 26.2. The number of hydrogen-bond donors (Lipinski definition) is 1. The zero-order valence-electron chi connectivity index (χ0n) is 19.9. The quantitative estimate of drug-likeness (QED) is 0.190. The van der Waals surface area contributed by atoms with Crippen molar-refractivity contribution in [3.05, 3.63) is 85.2 Å². The summed E-state index contributed by atoms with van der Waals surface area (Å²) in [5.41, 5.74) is 3.66. The van der Waals surface area contributed by atoms with E-state index in [9.17, 15) is 14.9 Å². The van der Waals surface area contributed by atoms with Gasteiger partial charge in [0.05, 0.1) is 12.2 Å². The Kier molecular flexibility index (Phi) is 8.85. The third-order valence-corrected chi connectivity index (χ3v) is 6.86. The van der Waals surface area contributed by atoms with Gasteiger partial charge in [0.15, 0.2) is 0 Å². The highest BCUT2D eigenvalue weighted by molar-refractivity contribution is 9.10. The molecule has 35 heavy (non-hydrogen) atoms. The number of ether oxygens (including phenoxy) is 2. The molecule has 1 amide bonds. The second kappa shape index (κ2) is 11.8. The normalized spacial score (nSPS) is 11.0. The van der Waals surface area contributed by atoms with Crippen molar-refractivity contribution in [2.75, 3.05) is 11.9 Å². The molecule has 1 heterocycles. The highest BCUT2D eigenvalue weighted by Crippen LogP contribution is 2.34. The topological polar surface area (TPSA) is 88.4 Å². The number of nitriles is 1. The molecule has 0 spiro atoms. The van der Waals surface area contributed by atoms with Crippen LogP contribution in [0.25, 0.3) is 6.08 Å². The molecule has 8 heteroatoms. The van der Waals surface area contributed by atoms with Gasteiger partial charge >= 0.3 is 5.97 Å². The molecule has 0 atom stereocenters. The number of amides is 1. The molecular weight excluding hydrogens is 528 g/mol. The summed E-state index contributed by atoms with van der Waals surface area (Å²) in [6, 6.07) is 15.3. The molecule has 3 rings (SSSR count). The Morgan fingerprint density at radius 3 is 2.51 bits per heavy atom. The molecule has 180 valence electrons. The molecule has 3 aromatic rings. The van der Waals surface area contributed by atoms with E-state index >= 15 is 0 Å². The van der Waals surface area contributed by atoms with E-state index in [-0.39, 0.29) is 12.2 Å². The zero-order valence-corrected chi connectivity index (χ0v) is 22.3. The van der Waals surface area contributed by atoms with E-state index < -0.39 is 11.9 Å². The van der Waals surface area contributed by atoms with E-state index in [1.54, 1.807) is 26.0 Å². The Bertz CT molecular complexity index is 1320. The van der Waals surface area contributed by atoms with Crippen LogP contribution in [-0.4, -0.2) is 18.5 Å². The van der Waals surface area contributed by atoms with Crippen molar-refractivity contribution in [2.24, 2.45) is 0 Å². The van der Waals surface area contributed by atoms with Crippen LogP contribution in [0.4, 0.5) is 5.00 Å². The predicted molar refractivity (Wildman–Crippen MR) is 142 cm³/mol. The molecule has 0 aliphatic heterocycles. The summed E-state index contributed by atoms with van der Waals surface area (Å²) in [5, 5.41) is 12.8. The van der Waals surface area contributed by atoms with Crippen LogP contribution < -0.4 is 10.1 Å². The minimum Gasteiger partial charge on any atom is -0.488 e. The summed E-state index contributed by atoms with van der Waals surface area (Å²) in [4.78, 5) is 26.3. The molecule has 1 N–H and O–H groups in total. The van der Waals surface area contributed by atoms with Crippen LogP contribution in [0.2, 0.25) is 0 Å². The van der Waals surface area contributed by atoms with Crippen molar-refractivity contribution in [3.8, 4) is 11.8 Å². The number of nitrogens with one attached hydrogen (secondary N) is 1. The molecule has 0 saturated heterocycles. The van der Waals surface area contributed by atoms with Gasteiger partial charge in [-0.25, -0.2) is 4.79 Å². The molecule has 0 unspecified atom stereocenters. The number of halogens is 1. The average molecular weight is 553 g/mol. The van der Waals surface area contributed by atoms with Gasteiger partial charge in [-0.2, -0.15) is 5.26 Å². The first-order valence-corrected chi connectivity index (χ1v) is 12.5. The summed E-state index contributed by atoms with van der Waals surface area (Å²) in [5.74, 6) is -0.598. The molecular formula is C27H25BrN2O4S. The number of rotatable bonds is 8. The standard InChI is InChI=1S/C27H25BrN2O4S/c1-5-33-27(32)24-17(3)18(4)35-26(24)30-25(31)21(14-29)12-20-13-22(28)10-11-23(20)34-15-19-8-6-16(2)7-9-19/h6-13H,5,15H2,1-4H3,(H,30,31)/b21-12+. The van der Waals surface area contributed by atoms with Crippen LogP contribution in [0.15, 0.2) is 52.5 Å². The van der Waals surface area contributed by atoms with Gasteiger partial charge in [0.2, 0.25) is 0 Å². The van der Waals surface area contributed by atoms with Crippen molar-refractivity contribution in [2.45, 2.75) is 34.3 Å². The first-order chi connectivity index (χ1) is 16.7. The fourth-order valence-electron chi connectivity index (χ4n) is 3.25. The average Bonchev–Trinajstić information content (AvgIpc) is 3.10. The second-order valence-corrected chi connectivity index (χ2v) is 9.93. The molecule has 2 aromatic carbocycles. The number of hydrogen-bond acceptors (Lipinski definition) is 6. The number of esters is 1. The molecule has 0 saturated carbocycles. The third-order valence-electron chi connectivity index (χ3n) is 5.24. The van der Waals surface area contributed by atoms with E-state index in [0.29, 0.717) is 28.5 Å². The SMILES string of the molecule is CCOC(=O)c1c(NC(=O)/C(C#N)=C/c2cc(Br)ccc2OCc2ccc(C)cc2)sc(C)c1C. The Balaban J connectivity index is 1.87. The monoisotopic (exact) mass is 552 g/mol. The summed E-state index contributed by atoms with van der Waals surface area (Å²) < 4.78 is 11.9. The van der Waals surface area contributed by atoms with Crippen molar-refractivity contribution < 1.29 is 19.1 Å². The van der Waals surface area contributed by atoms with E-state index in [1.807, 2.05) is 50.2 Å². The van der Waals surface area contributed by atoms with Crippen molar-refractivity contribution in [1.29, 1.82) is 5.26 Å². The van der Waals surface area contributed by atoms with Crippen molar-refractivity contribution >= 4 is 50.2 Å². The van der Waals surface area contributed by atoms with E-state index in [2.05, 4.69) is 21.2 Å². The Morgan fingerprint density at radius 2 is 1.86 bits per heavy atom. The summed E-state index contributed by atoms with van der Waals surface area (Å²) in [6.45, 7) is 7.96. The van der Waals surface area contributed by atoms with Gasteiger partial charge < -0.3 is 14.8 Å². The van der Waals surface area contributed by atoms with E-state index in [1.165, 1.54) is 17.4 Å². The van der Waals surface area contributed by atoms with Gasteiger partial charge in [-0.05, 0) is 63.1 Å². The predicted octanol–water partition coefficient (Wildman–Crippen LogP) is 6.74. The van der Waals surface area contributed by atoms with Crippen LogP contribution in [0.1, 0.15) is 44.4 Å². The lowest BCUT2D eigenvalue weighted by atomic mass is 10.1. The Hall–Kier alpha value is -3.41. The maximum absolute atomic E-state index is 13.0. The van der Waals surface area contributed by atoms with Crippen LogP contribution >= 0.6 is 27.3 Å². The Morgan fingerprint density at radius 1 is 1.14 bits per heavy atom. The van der Waals surface area contributed by atoms with Crippen LogP contribution in [-0.2, 0) is 16.1 Å². The summed E-state index contributed by atoms with van der Waals surface area (Å²) in [6.07, 6.45) is 1.47. The highest BCUT2D eigenvalue weighted by Gasteiger charge is 2.23. The van der Waals surface area contributed by atoms with Gasteiger partial charge in [0, 0.05) is 14.9 Å². The zero-order chi connectivity index (χ0) is 25.5. The van der Waals surface area contributed by atoms with E-state index in [0.717, 1.165) is 26.0 Å². The van der Waals surface area contributed by atoms with Gasteiger partial charge in [-0.15, -0.1) is 11.3 Å². The van der Waals surface area contributed by atoms with Crippen molar-refractivity contribution in [3.63, 3.8) is 0 Å². The van der Waals surface area contributed by atoms with Gasteiger partial charge in [0.1, 0.15) is 29.0 Å². The largest absolute Gasteiger partial charge is 0.488 e. The summed E-state index contributed by atoms with van der Waals surface area (Å²) >= 11 is 4.70. The third kappa shape index (κ3) is 6.59. The number of carbonyl (C=O) groups excluding carboxylic acids is 2. The molecule has 1 aromatic heterocycles. The molecule has 0 bridgehead atoms. The maximum Gasteiger partial charge on any atom is 0.341 e. The van der Waals surface area contributed by atoms with E-state index in [4.69, 9.17) is 9.47 Å². The number of carbonyl (C=O) groups is 2.